The van der Waals surface area contributed by atoms with E-state index in [0.717, 1.165) is 7.11 Å². The molecule has 2 fully saturated rings. The first-order chi connectivity index (χ1) is 16.4. The van der Waals surface area contributed by atoms with Crippen molar-refractivity contribution in [3.8, 4) is 12.3 Å². The third kappa shape index (κ3) is 5.67. The number of rotatable bonds is 7. The molecular weight excluding hydrogens is 485 g/mol. The number of nitrogens with zero attached hydrogens (tertiary/aromatic N) is 1. The predicted molar refractivity (Wildman–Crippen MR) is 121 cm³/mol. The molecule has 2 aliphatic rings. The Bertz CT molecular complexity index is 1170. The van der Waals surface area contributed by atoms with Crippen LogP contribution >= 0.6 is 7.60 Å². The number of fused-ring (bicyclic) bond motifs is 1. The summed E-state index contributed by atoms with van der Waals surface area (Å²) in [5, 5.41) is 2.28. The highest BCUT2D eigenvalue weighted by Gasteiger charge is 2.58. The van der Waals surface area contributed by atoms with Crippen molar-refractivity contribution in [2.45, 2.75) is 45.2 Å². The molecular formula is C21H28N3O10P. The summed E-state index contributed by atoms with van der Waals surface area (Å²) in [7, 11) is -2.69. The first-order valence-corrected chi connectivity index (χ1v) is 12.5. The summed E-state index contributed by atoms with van der Waals surface area (Å²) in [6.45, 7) is 4.28. The number of nitrogens with one attached hydrogen (secondary N) is 2. The fourth-order valence-electron chi connectivity index (χ4n) is 4.02. The summed E-state index contributed by atoms with van der Waals surface area (Å²) in [5.41, 5.74) is -2.39. The predicted octanol–water partition coefficient (Wildman–Crippen LogP) is 0.606. The fraction of sp³-hybridized carbons (Fsp3) is 0.619. The minimum Gasteiger partial charge on any atom is -0.461 e. The highest BCUT2D eigenvalue weighted by Crippen LogP contribution is 2.61. The van der Waals surface area contributed by atoms with Crippen molar-refractivity contribution in [3.05, 3.63) is 33.1 Å². The summed E-state index contributed by atoms with van der Waals surface area (Å²) in [4.78, 5) is 50.0. The number of carbonyl (C=O) groups excluding carboxylic acids is 2. The van der Waals surface area contributed by atoms with Crippen LogP contribution in [-0.2, 0) is 32.6 Å². The Balaban J connectivity index is 1.79. The van der Waals surface area contributed by atoms with E-state index < -0.39 is 73.3 Å². The zero-order valence-corrected chi connectivity index (χ0v) is 20.6. The van der Waals surface area contributed by atoms with Gasteiger partial charge in [0.15, 0.2) is 12.3 Å². The van der Waals surface area contributed by atoms with Gasteiger partial charge in [0, 0.05) is 18.2 Å². The SMILES string of the molecule is C#C[C@]1(C)[C@@H]2CP(=O)(OC[C@H](NC(=O)OC)C(=O)OC(C)C)OC[C@H]2O[C@H]1n1ccc(=O)[nH]c1=O. The lowest BCUT2D eigenvalue weighted by molar-refractivity contribution is -0.150. The van der Waals surface area contributed by atoms with Crippen LogP contribution in [0, 0.1) is 23.7 Å². The molecule has 0 spiro atoms. The Morgan fingerprint density at radius 2 is 2.14 bits per heavy atom. The second-order valence-electron chi connectivity index (χ2n) is 8.64. The van der Waals surface area contributed by atoms with E-state index >= 15 is 0 Å². The molecule has 1 amide bonds. The maximum Gasteiger partial charge on any atom is 0.407 e. The number of terminal acetylenes is 1. The standard InChI is InChI=1S/C21H28N3O10P/c1-6-21(4)13-11-35(29,31-9-14(22-20(28)30-5)17(26)33-12(2)3)32-10-15(13)34-18(21)24-8-7-16(25)23-19(24)27/h1,7-8,12-15,18H,9-11H2,2-5H3,(H,22,28)(H,23,25,27)/t13-,14+,15-,18-,21-,35?/m1/s1. The number of esters is 1. The lowest BCUT2D eigenvalue weighted by Crippen LogP contribution is -2.46. The lowest BCUT2D eigenvalue weighted by atomic mass is 9.77. The van der Waals surface area contributed by atoms with E-state index in [4.69, 9.17) is 24.9 Å². The number of hydrogen-bond acceptors (Lipinski definition) is 10. The summed E-state index contributed by atoms with van der Waals surface area (Å²) in [6.07, 6.45) is 4.01. The molecule has 14 heteroatoms. The average Bonchev–Trinajstić information content (AvgIpc) is 3.08. The number of carbonyl (C=O) groups is 2. The monoisotopic (exact) mass is 513 g/mol. The molecule has 2 N–H and O–H groups in total. The third-order valence-electron chi connectivity index (χ3n) is 5.86. The number of ether oxygens (including phenoxy) is 3. The average molecular weight is 513 g/mol. The van der Waals surface area contributed by atoms with Crippen LogP contribution in [0.5, 0.6) is 0 Å². The number of methoxy groups -OCH3 is 1. The van der Waals surface area contributed by atoms with Gasteiger partial charge in [-0.2, -0.15) is 0 Å². The van der Waals surface area contributed by atoms with Gasteiger partial charge in [0.1, 0.15) is 0 Å². The topological polar surface area (TPSA) is 164 Å². The Morgan fingerprint density at radius 1 is 1.43 bits per heavy atom. The van der Waals surface area contributed by atoms with E-state index in [1.807, 2.05) is 0 Å². The molecule has 2 saturated heterocycles. The molecule has 1 unspecified atom stereocenters. The van der Waals surface area contributed by atoms with Crippen LogP contribution in [0.2, 0.25) is 0 Å². The van der Waals surface area contributed by atoms with E-state index in [0.29, 0.717) is 0 Å². The Morgan fingerprint density at radius 3 is 2.74 bits per heavy atom. The van der Waals surface area contributed by atoms with Gasteiger partial charge in [-0.25, -0.2) is 14.4 Å². The normalized spacial score (nSPS) is 30.7. The molecule has 0 radical (unpaired) electrons. The van der Waals surface area contributed by atoms with Crippen LogP contribution in [0.25, 0.3) is 0 Å². The van der Waals surface area contributed by atoms with Gasteiger partial charge in [-0.15, -0.1) is 6.42 Å². The summed E-state index contributed by atoms with van der Waals surface area (Å²) in [5.74, 6) is 1.30. The number of hydrogen-bond donors (Lipinski definition) is 2. The van der Waals surface area contributed by atoms with Crippen molar-refractivity contribution < 1.29 is 37.4 Å². The molecule has 2 aliphatic heterocycles. The maximum atomic E-state index is 13.5. The first kappa shape index (κ1) is 26.7. The van der Waals surface area contributed by atoms with Crippen molar-refractivity contribution in [1.82, 2.24) is 14.9 Å². The van der Waals surface area contributed by atoms with Gasteiger partial charge < -0.3 is 28.6 Å². The molecule has 13 nitrogen and oxygen atoms in total. The van der Waals surface area contributed by atoms with Crippen LogP contribution in [-0.4, -0.2) is 66.3 Å². The molecule has 1 aromatic heterocycles. The van der Waals surface area contributed by atoms with E-state index in [1.165, 1.54) is 16.8 Å². The molecule has 6 atom stereocenters. The number of alkyl carbamates (subject to hydrolysis) is 1. The zero-order chi connectivity index (χ0) is 26.0. The van der Waals surface area contributed by atoms with Gasteiger partial charge in [-0.1, -0.05) is 5.92 Å². The highest BCUT2D eigenvalue weighted by atomic mass is 31.2. The van der Waals surface area contributed by atoms with Gasteiger partial charge in [0.2, 0.25) is 0 Å². The highest BCUT2D eigenvalue weighted by molar-refractivity contribution is 7.53. The van der Waals surface area contributed by atoms with Gasteiger partial charge in [-0.05, 0) is 20.8 Å². The molecule has 0 saturated carbocycles. The van der Waals surface area contributed by atoms with Crippen LogP contribution < -0.4 is 16.6 Å². The first-order valence-electron chi connectivity index (χ1n) is 10.8. The fourth-order valence-corrected chi connectivity index (χ4v) is 6.15. The van der Waals surface area contributed by atoms with Crippen molar-refractivity contribution in [3.63, 3.8) is 0 Å². The van der Waals surface area contributed by atoms with Gasteiger partial charge in [0.25, 0.3) is 5.56 Å². The van der Waals surface area contributed by atoms with Crippen LogP contribution in [0.4, 0.5) is 4.79 Å². The van der Waals surface area contributed by atoms with Gasteiger partial charge >= 0.3 is 25.3 Å². The Kier molecular flexibility index (Phi) is 7.91. The minimum absolute atomic E-state index is 0.153. The quantitative estimate of drug-likeness (QED) is 0.300. The van der Waals surface area contributed by atoms with Crippen molar-refractivity contribution in [1.29, 1.82) is 0 Å². The molecule has 35 heavy (non-hydrogen) atoms. The Hall–Kier alpha value is -2.91. The molecule has 0 aromatic carbocycles. The molecule has 192 valence electrons. The summed E-state index contributed by atoms with van der Waals surface area (Å²) < 4.78 is 41.3. The maximum absolute atomic E-state index is 13.5. The lowest BCUT2D eigenvalue weighted by Gasteiger charge is -2.36. The number of amides is 1. The number of H-pyrrole nitrogens is 1. The smallest absolute Gasteiger partial charge is 0.407 e. The van der Waals surface area contributed by atoms with E-state index in [9.17, 15) is 23.7 Å². The molecule has 3 rings (SSSR count). The minimum atomic E-state index is -3.81. The van der Waals surface area contributed by atoms with E-state index in [-0.39, 0.29) is 12.8 Å². The second kappa shape index (κ2) is 10.4. The number of aromatic nitrogens is 2. The number of aromatic amines is 1. The van der Waals surface area contributed by atoms with Crippen molar-refractivity contribution >= 4 is 19.7 Å². The largest absolute Gasteiger partial charge is 0.461 e. The van der Waals surface area contributed by atoms with Crippen LogP contribution in [0.3, 0.4) is 0 Å². The molecule has 0 bridgehead atoms. The van der Waals surface area contributed by atoms with E-state index in [1.54, 1.807) is 20.8 Å². The molecule has 0 aliphatic carbocycles. The van der Waals surface area contributed by atoms with Crippen molar-refractivity contribution in [2.75, 3.05) is 26.5 Å². The molecule has 1 aromatic rings. The van der Waals surface area contributed by atoms with Crippen LogP contribution in [0.1, 0.15) is 27.0 Å². The van der Waals surface area contributed by atoms with Crippen molar-refractivity contribution in [2.24, 2.45) is 11.3 Å². The molecule has 3 heterocycles. The third-order valence-corrected chi connectivity index (χ3v) is 7.78. The summed E-state index contributed by atoms with van der Waals surface area (Å²) in [6, 6.07) is -0.137. The zero-order valence-electron chi connectivity index (χ0n) is 19.7. The van der Waals surface area contributed by atoms with Gasteiger partial charge in [0.05, 0.1) is 44.1 Å². The summed E-state index contributed by atoms with van der Waals surface area (Å²) >= 11 is 0. The van der Waals surface area contributed by atoms with Crippen LogP contribution in [0.15, 0.2) is 21.9 Å². The van der Waals surface area contributed by atoms with Gasteiger partial charge in [-0.3, -0.25) is 18.9 Å². The second-order valence-corrected chi connectivity index (χ2v) is 10.7. The van der Waals surface area contributed by atoms with E-state index in [2.05, 4.69) is 21.0 Å². The Labute approximate surface area is 200 Å².